The number of benzene rings is 1. The molecule has 0 aliphatic rings. The number of nitrogens with one attached hydrogen (secondary N) is 1. The van der Waals surface area contributed by atoms with Crippen molar-refractivity contribution in [3.8, 4) is 0 Å². The van der Waals surface area contributed by atoms with Gasteiger partial charge in [0.15, 0.2) is 0 Å². The Morgan fingerprint density at radius 1 is 1.39 bits per heavy atom. The van der Waals surface area contributed by atoms with Crippen LogP contribution in [0.3, 0.4) is 0 Å². The van der Waals surface area contributed by atoms with Crippen molar-refractivity contribution >= 4 is 16.9 Å². The summed E-state index contributed by atoms with van der Waals surface area (Å²) in [5.74, 6) is 0.367. The lowest BCUT2D eigenvalue weighted by molar-refractivity contribution is 0.0485. The molecule has 0 radical (unpaired) electrons. The number of hydrogen-bond donors (Lipinski definition) is 1. The van der Waals surface area contributed by atoms with E-state index >= 15 is 0 Å². The number of carbonyl (C=O) groups is 1. The molecule has 1 atom stereocenters. The lowest BCUT2D eigenvalue weighted by Gasteiger charge is -2.09. The zero-order valence-electron chi connectivity index (χ0n) is 10.9. The molecule has 1 aromatic carbocycles. The first-order valence-corrected chi connectivity index (χ1v) is 6.45. The summed E-state index contributed by atoms with van der Waals surface area (Å²) in [6.45, 7) is 4.81. The molecular weight excluding hydrogens is 226 g/mol. The van der Waals surface area contributed by atoms with Gasteiger partial charge in [0.05, 0.1) is 12.2 Å². The summed E-state index contributed by atoms with van der Waals surface area (Å²) in [7, 11) is 0. The van der Waals surface area contributed by atoms with Gasteiger partial charge in [-0.15, -0.1) is 0 Å². The van der Waals surface area contributed by atoms with E-state index in [9.17, 15) is 4.79 Å². The second kappa shape index (κ2) is 5.71. The molecule has 2 aromatic rings. The molecule has 0 amide bonds. The monoisotopic (exact) mass is 245 g/mol. The normalized spacial score (nSPS) is 12.6. The van der Waals surface area contributed by atoms with Crippen molar-refractivity contribution in [2.75, 3.05) is 6.61 Å². The van der Waals surface area contributed by atoms with Crippen molar-refractivity contribution in [1.29, 1.82) is 0 Å². The maximum Gasteiger partial charge on any atom is 0.338 e. The number of H-pyrrole nitrogens is 1. The SMILES string of the molecule is CCC(C)CCOC(=O)c1ccc2[nH]ccc2c1. The van der Waals surface area contributed by atoms with E-state index in [-0.39, 0.29) is 5.97 Å². The minimum Gasteiger partial charge on any atom is -0.462 e. The summed E-state index contributed by atoms with van der Waals surface area (Å²) in [6, 6.07) is 7.51. The van der Waals surface area contributed by atoms with Gasteiger partial charge in [-0.25, -0.2) is 4.79 Å². The Hall–Kier alpha value is -1.77. The van der Waals surface area contributed by atoms with E-state index in [1.54, 1.807) is 6.07 Å². The van der Waals surface area contributed by atoms with Crippen LogP contribution in [0.15, 0.2) is 30.5 Å². The van der Waals surface area contributed by atoms with Crippen LogP contribution in [0.5, 0.6) is 0 Å². The van der Waals surface area contributed by atoms with Gasteiger partial charge in [-0.3, -0.25) is 0 Å². The summed E-state index contributed by atoms with van der Waals surface area (Å²) >= 11 is 0. The van der Waals surface area contributed by atoms with Crippen LogP contribution >= 0.6 is 0 Å². The number of fused-ring (bicyclic) bond motifs is 1. The standard InChI is InChI=1S/C15H19NO2/c1-3-11(2)7-9-18-15(17)13-4-5-14-12(10-13)6-8-16-14/h4-6,8,10-11,16H,3,7,9H2,1-2H3. The fourth-order valence-electron chi connectivity index (χ4n) is 1.82. The highest BCUT2D eigenvalue weighted by atomic mass is 16.5. The maximum absolute atomic E-state index is 11.8. The summed E-state index contributed by atoms with van der Waals surface area (Å²) in [5.41, 5.74) is 1.65. The molecule has 0 spiro atoms. The zero-order chi connectivity index (χ0) is 13.0. The second-order valence-corrected chi connectivity index (χ2v) is 4.72. The Morgan fingerprint density at radius 3 is 3.00 bits per heavy atom. The van der Waals surface area contributed by atoms with Crippen LogP contribution < -0.4 is 0 Å². The van der Waals surface area contributed by atoms with Gasteiger partial charge in [0.2, 0.25) is 0 Å². The number of aromatic amines is 1. The third kappa shape index (κ3) is 2.92. The molecule has 0 bridgehead atoms. The van der Waals surface area contributed by atoms with Crippen molar-refractivity contribution in [3.05, 3.63) is 36.0 Å². The van der Waals surface area contributed by atoms with Crippen LogP contribution in [0, 0.1) is 5.92 Å². The molecule has 96 valence electrons. The smallest absolute Gasteiger partial charge is 0.338 e. The molecule has 1 heterocycles. The van der Waals surface area contributed by atoms with Crippen molar-refractivity contribution in [1.82, 2.24) is 4.98 Å². The van der Waals surface area contributed by atoms with Crippen LogP contribution in [0.2, 0.25) is 0 Å². The molecule has 0 aliphatic carbocycles. The number of rotatable bonds is 5. The largest absolute Gasteiger partial charge is 0.462 e. The average molecular weight is 245 g/mol. The lowest BCUT2D eigenvalue weighted by Crippen LogP contribution is -2.08. The highest BCUT2D eigenvalue weighted by molar-refractivity contribution is 5.94. The molecule has 18 heavy (non-hydrogen) atoms. The maximum atomic E-state index is 11.8. The Balaban J connectivity index is 1.95. The van der Waals surface area contributed by atoms with E-state index in [1.165, 1.54) is 0 Å². The van der Waals surface area contributed by atoms with Gasteiger partial charge in [-0.05, 0) is 36.6 Å². The van der Waals surface area contributed by atoms with E-state index < -0.39 is 0 Å². The highest BCUT2D eigenvalue weighted by Crippen LogP contribution is 2.15. The molecule has 1 aromatic heterocycles. The minimum absolute atomic E-state index is 0.235. The summed E-state index contributed by atoms with van der Waals surface area (Å²) in [5, 5.41) is 1.03. The van der Waals surface area contributed by atoms with Gasteiger partial charge in [0, 0.05) is 17.1 Å². The van der Waals surface area contributed by atoms with Crippen molar-refractivity contribution < 1.29 is 9.53 Å². The highest BCUT2D eigenvalue weighted by Gasteiger charge is 2.08. The van der Waals surface area contributed by atoms with Gasteiger partial charge >= 0.3 is 5.97 Å². The average Bonchev–Trinajstić information content (AvgIpc) is 2.85. The Kier molecular flexibility index (Phi) is 4.03. The fourth-order valence-corrected chi connectivity index (χ4v) is 1.82. The van der Waals surface area contributed by atoms with Gasteiger partial charge in [-0.2, -0.15) is 0 Å². The van der Waals surface area contributed by atoms with E-state index in [2.05, 4.69) is 18.8 Å². The molecule has 3 nitrogen and oxygen atoms in total. The van der Waals surface area contributed by atoms with E-state index in [0.29, 0.717) is 18.1 Å². The third-order valence-corrected chi connectivity index (χ3v) is 3.33. The first kappa shape index (κ1) is 12.7. The zero-order valence-corrected chi connectivity index (χ0v) is 10.9. The number of hydrogen-bond acceptors (Lipinski definition) is 2. The number of carbonyl (C=O) groups excluding carboxylic acids is 1. The molecule has 3 heteroatoms. The predicted octanol–water partition coefficient (Wildman–Crippen LogP) is 3.76. The van der Waals surface area contributed by atoms with Gasteiger partial charge in [0.25, 0.3) is 0 Å². The van der Waals surface area contributed by atoms with Gasteiger partial charge in [-0.1, -0.05) is 20.3 Å². The summed E-state index contributed by atoms with van der Waals surface area (Å²) in [4.78, 5) is 14.9. The van der Waals surface area contributed by atoms with Gasteiger partial charge < -0.3 is 9.72 Å². The number of esters is 1. The van der Waals surface area contributed by atoms with E-state index in [1.807, 2.05) is 24.4 Å². The lowest BCUT2D eigenvalue weighted by atomic mass is 10.1. The molecule has 1 unspecified atom stereocenters. The summed E-state index contributed by atoms with van der Waals surface area (Å²) in [6.07, 6.45) is 3.91. The number of ether oxygens (including phenoxy) is 1. The molecular formula is C15H19NO2. The Morgan fingerprint density at radius 2 is 2.22 bits per heavy atom. The van der Waals surface area contributed by atoms with Crippen LogP contribution in [-0.4, -0.2) is 17.6 Å². The molecule has 2 rings (SSSR count). The van der Waals surface area contributed by atoms with E-state index in [0.717, 1.165) is 23.7 Å². The van der Waals surface area contributed by atoms with Crippen LogP contribution in [0.4, 0.5) is 0 Å². The van der Waals surface area contributed by atoms with Crippen LogP contribution in [0.25, 0.3) is 10.9 Å². The quantitative estimate of drug-likeness (QED) is 0.815. The fraction of sp³-hybridized carbons (Fsp3) is 0.400. The molecule has 0 aliphatic heterocycles. The van der Waals surface area contributed by atoms with Crippen LogP contribution in [-0.2, 0) is 4.74 Å². The van der Waals surface area contributed by atoms with Crippen LogP contribution in [0.1, 0.15) is 37.0 Å². The van der Waals surface area contributed by atoms with Crippen molar-refractivity contribution in [2.24, 2.45) is 5.92 Å². The van der Waals surface area contributed by atoms with Gasteiger partial charge in [0.1, 0.15) is 0 Å². The van der Waals surface area contributed by atoms with Crippen molar-refractivity contribution in [3.63, 3.8) is 0 Å². The summed E-state index contributed by atoms with van der Waals surface area (Å²) < 4.78 is 5.28. The molecule has 0 saturated heterocycles. The molecule has 0 saturated carbocycles. The minimum atomic E-state index is -0.235. The Bertz CT molecular complexity index is 530. The number of aromatic nitrogens is 1. The molecule has 1 N–H and O–H groups in total. The second-order valence-electron chi connectivity index (χ2n) is 4.72. The van der Waals surface area contributed by atoms with Crippen molar-refractivity contribution in [2.45, 2.75) is 26.7 Å². The first-order chi connectivity index (χ1) is 8.70. The topological polar surface area (TPSA) is 42.1 Å². The first-order valence-electron chi connectivity index (χ1n) is 6.45. The van der Waals surface area contributed by atoms with E-state index in [4.69, 9.17) is 4.74 Å². The molecule has 0 fully saturated rings. The Labute approximate surface area is 107 Å². The third-order valence-electron chi connectivity index (χ3n) is 3.33. The predicted molar refractivity (Wildman–Crippen MR) is 72.7 cm³/mol.